The quantitative estimate of drug-likeness (QED) is 0.837. The summed E-state index contributed by atoms with van der Waals surface area (Å²) < 4.78 is 0. The minimum atomic E-state index is 0.716. The smallest absolute Gasteiger partial charge is 0.0221 e. The lowest BCUT2D eigenvalue weighted by atomic mass is 9.76. The van der Waals surface area contributed by atoms with Gasteiger partial charge >= 0.3 is 0 Å². The van der Waals surface area contributed by atoms with E-state index in [1.807, 2.05) is 0 Å². The van der Waals surface area contributed by atoms with Crippen molar-refractivity contribution in [3.05, 3.63) is 0 Å². The first-order valence-corrected chi connectivity index (χ1v) is 8.61. The molecule has 2 fully saturated rings. The zero-order chi connectivity index (χ0) is 13.8. The van der Waals surface area contributed by atoms with Gasteiger partial charge in [0.15, 0.2) is 0 Å². The van der Waals surface area contributed by atoms with Gasteiger partial charge in [-0.25, -0.2) is 0 Å². The van der Waals surface area contributed by atoms with Gasteiger partial charge in [0.05, 0.1) is 0 Å². The normalized spacial score (nSPS) is 35.5. The summed E-state index contributed by atoms with van der Waals surface area (Å²) in [5.41, 5.74) is 0. The fraction of sp³-hybridized carbons (Fsp3) is 1.00. The van der Waals surface area contributed by atoms with Crippen LogP contribution in [0.3, 0.4) is 0 Å². The summed E-state index contributed by atoms with van der Waals surface area (Å²) in [6.45, 7) is 13.3. The van der Waals surface area contributed by atoms with Crippen molar-refractivity contribution < 1.29 is 0 Å². The molecule has 2 rings (SSSR count). The van der Waals surface area contributed by atoms with E-state index in [0.717, 1.165) is 23.8 Å². The number of nitrogens with zero attached hydrogens (tertiary/aromatic N) is 1. The van der Waals surface area contributed by atoms with Crippen molar-refractivity contribution in [2.24, 2.45) is 17.8 Å². The van der Waals surface area contributed by atoms with E-state index in [4.69, 9.17) is 0 Å². The van der Waals surface area contributed by atoms with Crippen LogP contribution in [0.1, 0.15) is 59.8 Å². The molecular weight excluding hydrogens is 232 g/mol. The Morgan fingerprint density at radius 2 is 1.89 bits per heavy atom. The van der Waals surface area contributed by atoms with Crippen molar-refractivity contribution in [3.63, 3.8) is 0 Å². The molecule has 1 aliphatic heterocycles. The fourth-order valence-electron chi connectivity index (χ4n) is 4.14. The van der Waals surface area contributed by atoms with Crippen molar-refractivity contribution in [3.8, 4) is 0 Å². The van der Waals surface area contributed by atoms with Gasteiger partial charge in [0.1, 0.15) is 0 Å². The van der Waals surface area contributed by atoms with Crippen molar-refractivity contribution in [2.45, 2.75) is 71.9 Å². The largest absolute Gasteiger partial charge is 0.311 e. The molecule has 112 valence electrons. The maximum Gasteiger partial charge on any atom is 0.0221 e. The summed E-state index contributed by atoms with van der Waals surface area (Å²) in [5.74, 6) is 2.59. The second-order valence-electron chi connectivity index (χ2n) is 7.20. The van der Waals surface area contributed by atoms with Gasteiger partial charge in [0.25, 0.3) is 0 Å². The molecule has 2 aliphatic rings. The molecule has 19 heavy (non-hydrogen) atoms. The number of piperazine rings is 1. The lowest BCUT2D eigenvalue weighted by molar-refractivity contribution is 0.0465. The summed E-state index contributed by atoms with van der Waals surface area (Å²) in [4.78, 5) is 2.83. The third-order valence-electron chi connectivity index (χ3n) is 5.67. The molecule has 0 spiro atoms. The molecule has 0 aromatic carbocycles. The Morgan fingerprint density at radius 3 is 2.58 bits per heavy atom. The average molecular weight is 266 g/mol. The number of hydrogen-bond donors (Lipinski definition) is 1. The summed E-state index contributed by atoms with van der Waals surface area (Å²) in [6, 6.07) is 1.58. The van der Waals surface area contributed by atoms with E-state index >= 15 is 0 Å². The monoisotopic (exact) mass is 266 g/mol. The number of rotatable bonds is 4. The number of hydrogen-bond acceptors (Lipinski definition) is 2. The van der Waals surface area contributed by atoms with Crippen LogP contribution in [0.2, 0.25) is 0 Å². The van der Waals surface area contributed by atoms with E-state index in [-0.39, 0.29) is 0 Å². The first-order chi connectivity index (χ1) is 9.13. The van der Waals surface area contributed by atoms with E-state index in [9.17, 15) is 0 Å². The predicted octanol–water partition coefficient (Wildman–Crippen LogP) is 3.52. The minimum absolute atomic E-state index is 0.716. The van der Waals surface area contributed by atoms with Crippen molar-refractivity contribution in [2.75, 3.05) is 19.6 Å². The lowest BCUT2D eigenvalue weighted by Crippen LogP contribution is -2.58. The topological polar surface area (TPSA) is 15.3 Å². The van der Waals surface area contributed by atoms with Crippen molar-refractivity contribution in [1.82, 2.24) is 10.2 Å². The highest BCUT2D eigenvalue weighted by Crippen LogP contribution is 2.34. The first-order valence-electron chi connectivity index (χ1n) is 8.61. The van der Waals surface area contributed by atoms with Crippen LogP contribution < -0.4 is 5.32 Å². The lowest BCUT2D eigenvalue weighted by Gasteiger charge is -2.46. The van der Waals surface area contributed by atoms with E-state index in [1.165, 1.54) is 51.7 Å². The van der Waals surface area contributed by atoms with E-state index in [0.29, 0.717) is 6.04 Å². The van der Waals surface area contributed by atoms with E-state index in [2.05, 4.69) is 37.9 Å². The molecule has 1 N–H and O–H groups in total. The van der Waals surface area contributed by atoms with Crippen LogP contribution in [-0.4, -0.2) is 36.6 Å². The second kappa shape index (κ2) is 7.08. The molecule has 1 aliphatic carbocycles. The Morgan fingerprint density at radius 1 is 1.16 bits per heavy atom. The van der Waals surface area contributed by atoms with Gasteiger partial charge in [-0.15, -0.1) is 0 Å². The van der Waals surface area contributed by atoms with Crippen molar-refractivity contribution in [1.29, 1.82) is 0 Å². The molecule has 1 saturated heterocycles. The summed E-state index contributed by atoms with van der Waals surface area (Å²) >= 11 is 0. The molecule has 4 unspecified atom stereocenters. The van der Waals surface area contributed by atoms with Crippen LogP contribution in [0.4, 0.5) is 0 Å². The summed E-state index contributed by atoms with van der Waals surface area (Å²) in [7, 11) is 0. The molecule has 4 atom stereocenters. The highest BCUT2D eigenvalue weighted by Gasteiger charge is 2.34. The first kappa shape index (κ1) is 15.3. The van der Waals surface area contributed by atoms with Gasteiger partial charge in [-0.3, -0.25) is 4.90 Å². The Labute approximate surface area is 120 Å². The van der Waals surface area contributed by atoms with Gasteiger partial charge in [-0.2, -0.15) is 0 Å². The molecule has 0 aromatic heterocycles. The Hall–Kier alpha value is -0.0800. The van der Waals surface area contributed by atoms with E-state index < -0.39 is 0 Å². The van der Waals surface area contributed by atoms with Crippen LogP contribution in [-0.2, 0) is 0 Å². The molecule has 1 saturated carbocycles. The maximum absolute atomic E-state index is 3.74. The van der Waals surface area contributed by atoms with Gasteiger partial charge in [-0.05, 0) is 30.6 Å². The molecule has 2 nitrogen and oxygen atoms in total. The van der Waals surface area contributed by atoms with Crippen molar-refractivity contribution >= 4 is 0 Å². The molecule has 2 heteroatoms. The fourth-order valence-corrected chi connectivity index (χ4v) is 4.14. The van der Waals surface area contributed by atoms with E-state index in [1.54, 1.807) is 0 Å². The molecule has 0 radical (unpaired) electrons. The molecule has 0 amide bonds. The summed E-state index contributed by atoms with van der Waals surface area (Å²) in [5, 5.41) is 3.74. The Kier molecular flexibility index (Phi) is 5.70. The van der Waals surface area contributed by atoms with Crippen LogP contribution in [0.15, 0.2) is 0 Å². The standard InChI is InChI=1S/C17H34N2/c1-5-14(4)16-12-19(11-10-18-16)17-9-7-6-8-15(17)13(2)3/h13-18H,5-12H2,1-4H3. The third-order valence-corrected chi connectivity index (χ3v) is 5.67. The highest BCUT2D eigenvalue weighted by atomic mass is 15.2. The molecular formula is C17H34N2. The zero-order valence-corrected chi connectivity index (χ0v) is 13.5. The highest BCUT2D eigenvalue weighted by molar-refractivity contribution is 4.90. The van der Waals surface area contributed by atoms with Gasteiger partial charge in [0, 0.05) is 31.7 Å². The Balaban J connectivity index is 1.98. The third kappa shape index (κ3) is 3.72. The molecule has 0 aromatic rings. The van der Waals surface area contributed by atoms with Gasteiger partial charge in [-0.1, -0.05) is 47.0 Å². The van der Waals surface area contributed by atoms with Crippen LogP contribution >= 0.6 is 0 Å². The minimum Gasteiger partial charge on any atom is -0.311 e. The van der Waals surface area contributed by atoms with Crippen LogP contribution in [0, 0.1) is 17.8 Å². The van der Waals surface area contributed by atoms with Gasteiger partial charge < -0.3 is 5.32 Å². The van der Waals surface area contributed by atoms with Gasteiger partial charge in [0.2, 0.25) is 0 Å². The maximum atomic E-state index is 3.74. The SMILES string of the molecule is CCC(C)C1CN(C2CCCCC2C(C)C)CCN1. The van der Waals surface area contributed by atoms with Crippen LogP contribution in [0.5, 0.6) is 0 Å². The average Bonchev–Trinajstić information content (AvgIpc) is 2.46. The molecule has 0 bridgehead atoms. The predicted molar refractivity (Wildman–Crippen MR) is 83.4 cm³/mol. The second-order valence-corrected chi connectivity index (χ2v) is 7.20. The zero-order valence-electron chi connectivity index (χ0n) is 13.5. The van der Waals surface area contributed by atoms with Crippen LogP contribution in [0.25, 0.3) is 0 Å². The number of nitrogens with one attached hydrogen (secondary N) is 1. The summed E-state index contributed by atoms with van der Waals surface area (Å²) in [6.07, 6.45) is 7.10. The molecule has 1 heterocycles. The Bertz CT molecular complexity index is 264.